The Bertz CT molecular complexity index is 915. The first-order valence-electron chi connectivity index (χ1n) is 10.2. The largest absolute Gasteiger partial charge is 0.369 e. The molecule has 0 bridgehead atoms. The number of aromatic nitrogens is 2. The minimum Gasteiger partial charge on any atom is -0.369 e. The van der Waals surface area contributed by atoms with Crippen LogP contribution in [0.3, 0.4) is 0 Å². The van der Waals surface area contributed by atoms with Crippen molar-refractivity contribution in [2.45, 2.75) is 13.3 Å². The SMILES string of the molecule is CCc1ccc(Nc2cc(Nc3ccc(N4CCN(C)CC4)cc3)ncn2)cc1. The summed E-state index contributed by atoms with van der Waals surface area (Å²) in [5.74, 6) is 1.53. The van der Waals surface area contributed by atoms with Crippen molar-refractivity contribution in [1.29, 1.82) is 0 Å². The Kier molecular flexibility index (Phi) is 5.91. The third kappa shape index (κ3) is 5.03. The summed E-state index contributed by atoms with van der Waals surface area (Å²) in [7, 11) is 2.18. The van der Waals surface area contributed by atoms with Crippen molar-refractivity contribution in [2.24, 2.45) is 0 Å². The molecule has 1 aliphatic rings. The molecule has 0 unspecified atom stereocenters. The number of nitrogens with one attached hydrogen (secondary N) is 2. The summed E-state index contributed by atoms with van der Waals surface area (Å²) in [6.07, 6.45) is 2.61. The van der Waals surface area contributed by atoms with Gasteiger partial charge in [-0.1, -0.05) is 19.1 Å². The number of piperazine rings is 1. The second kappa shape index (κ2) is 8.92. The zero-order valence-electron chi connectivity index (χ0n) is 17.1. The molecule has 150 valence electrons. The van der Waals surface area contributed by atoms with Crippen LogP contribution in [0, 0.1) is 0 Å². The van der Waals surface area contributed by atoms with Gasteiger partial charge in [0.1, 0.15) is 18.0 Å². The first-order chi connectivity index (χ1) is 14.2. The van der Waals surface area contributed by atoms with Crippen molar-refractivity contribution in [3.05, 3.63) is 66.5 Å². The van der Waals surface area contributed by atoms with Crippen molar-refractivity contribution >= 4 is 28.7 Å². The maximum absolute atomic E-state index is 4.35. The number of benzene rings is 2. The lowest BCUT2D eigenvalue weighted by Gasteiger charge is -2.34. The molecule has 0 aliphatic carbocycles. The minimum atomic E-state index is 0.764. The molecular weight excluding hydrogens is 360 g/mol. The van der Waals surface area contributed by atoms with Crippen molar-refractivity contribution in [2.75, 3.05) is 48.8 Å². The van der Waals surface area contributed by atoms with Crippen LogP contribution in [0.25, 0.3) is 0 Å². The van der Waals surface area contributed by atoms with Crippen LogP contribution >= 0.6 is 0 Å². The summed E-state index contributed by atoms with van der Waals surface area (Å²) in [5.41, 5.74) is 4.62. The predicted molar refractivity (Wildman–Crippen MR) is 121 cm³/mol. The van der Waals surface area contributed by atoms with Crippen molar-refractivity contribution < 1.29 is 0 Å². The van der Waals surface area contributed by atoms with Crippen LogP contribution in [0.2, 0.25) is 0 Å². The molecule has 0 atom stereocenters. The predicted octanol–water partition coefficient (Wildman–Crippen LogP) is 4.28. The Morgan fingerprint density at radius 1 is 0.793 bits per heavy atom. The second-order valence-electron chi connectivity index (χ2n) is 7.43. The van der Waals surface area contributed by atoms with Crippen LogP contribution in [-0.4, -0.2) is 48.1 Å². The van der Waals surface area contributed by atoms with E-state index in [9.17, 15) is 0 Å². The molecule has 1 aromatic heterocycles. The Labute approximate surface area is 172 Å². The Hall–Kier alpha value is -3.12. The molecule has 4 rings (SSSR count). The molecule has 0 saturated carbocycles. The van der Waals surface area contributed by atoms with Gasteiger partial charge in [-0.2, -0.15) is 0 Å². The highest BCUT2D eigenvalue weighted by Crippen LogP contribution is 2.23. The van der Waals surface area contributed by atoms with E-state index in [2.05, 4.69) is 92.9 Å². The zero-order chi connectivity index (χ0) is 20.1. The molecule has 2 N–H and O–H groups in total. The summed E-state index contributed by atoms with van der Waals surface area (Å²) in [6, 6.07) is 18.9. The van der Waals surface area contributed by atoms with Crippen LogP contribution in [0.4, 0.5) is 28.7 Å². The smallest absolute Gasteiger partial charge is 0.135 e. The van der Waals surface area contributed by atoms with E-state index in [0.29, 0.717) is 0 Å². The summed E-state index contributed by atoms with van der Waals surface area (Å²) in [6.45, 7) is 6.52. The van der Waals surface area contributed by atoms with Gasteiger partial charge >= 0.3 is 0 Å². The van der Waals surface area contributed by atoms with Crippen LogP contribution < -0.4 is 15.5 Å². The van der Waals surface area contributed by atoms with E-state index in [1.807, 2.05) is 6.07 Å². The summed E-state index contributed by atoms with van der Waals surface area (Å²) in [5, 5.41) is 6.70. The molecular formula is C23H28N6. The summed E-state index contributed by atoms with van der Waals surface area (Å²) in [4.78, 5) is 13.5. The average molecular weight is 389 g/mol. The van der Waals surface area contributed by atoms with E-state index in [4.69, 9.17) is 0 Å². The molecule has 2 aromatic carbocycles. The normalized spacial score (nSPS) is 14.6. The number of likely N-dealkylation sites (N-methyl/N-ethyl adjacent to an activating group) is 1. The molecule has 6 nitrogen and oxygen atoms in total. The molecule has 0 radical (unpaired) electrons. The highest BCUT2D eigenvalue weighted by molar-refractivity contribution is 5.64. The average Bonchev–Trinajstić information content (AvgIpc) is 2.76. The molecule has 1 aliphatic heterocycles. The van der Waals surface area contributed by atoms with Crippen LogP contribution in [0.5, 0.6) is 0 Å². The van der Waals surface area contributed by atoms with E-state index in [-0.39, 0.29) is 0 Å². The lowest BCUT2D eigenvalue weighted by atomic mass is 10.1. The van der Waals surface area contributed by atoms with Crippen LogP contribution in [0.1, 0.15) is 12.5 Å². The van der Waals surface area contributed by atoms with Gasteiger partial charge in [-0.3, -0.25) is 0 Å². The van der Waals surface area contributed by atoms with Gasteiger partial charge in [0.15, 0.2) is 0 Å². The lowest BCUT2D eigenvalue weighted by molar-refractivity contribution is 0.313. The quantitative estimate of drug-likeness (QED) is 0.657. The van der Waals surface area contributed by atoms with E-state index in [1.165, 1.54) is 11.3 Å². The zero-order valence-corrected chi connectivity index (χ0v) is 17.1. The third-order valence-electron chi connectivity index (χ3n) is 5.31. The fourth-order valence-corrected chi connectivity index (χ4v) is 3.43. The first-order valence-corrected chi connectivity index (χ1v) is 10.2. The third-order valence-corrected chi connectivity index (χ3v) is 5.31. The van der Waals surface area contributed by atoms with Crippen LogP contribution in [-0.2, 0) is 6.42 Å². The Morgan fingerprint density at radius 2 is 1.34 bits per heavy atom. The highest BCUT2D eigenvalue weighted by atomic mass is 15.2. The van der Waals surface area contributed by atoms with E-state index in [0.717, 1.165) is 55.6 Å². The number of hydrogen-bond acceptors (Lipinski definition) is 6. The lowest BCUT2D eigenvalue weighted by Crippen LogP contribution is -2.44. The molecule has 0 spiro atoms. The fourth-order valence-electron chi connectivity index (χ4n) is 3.43. The topological polar surface area (TPSA) is 56.3 Å². The molecule has 3 aromatic rings. The van der Waals surface area contributed by atoms with E-state index < -0.39 is 0 Å². The van der Waals surface area contributed by atoms with Gasteiger partial charge in [-0.05, 0) is 55.4 Å². The number of hydrogen-bond donors (Lipinski definition) is 2. The summed E-state index contributed by atoms with van der Waals surface area (Å²) < 4.78 is 0. The van der Waals surface area contributed by atoms with E-state index in [1.54, 1.807) is 6.33 Å². The van der Waals surface area contributed by atoms with Gasteiger partial charge in [-0.15, -0.1) is 0 Å². The maximum Gasteiger partial charge on any atom is 0.135 e. The molecule has 0 amide bonds. The monoisotopic (exact) mass is 388 g/mol. The van der Waals surface area contributed by atoms with Crippen molar-refractivity contribution in [1.82, 2.24) is 14.9 Å². The van der Waals surface area contributed by atoms with E-state index >= 15 is 0 Å². The molecule has 6 heteroatoms. The standard InChI is InChI=1S/C23H28N6/c1-3-18-4-6-19(7-5-18)26-22-16-23(25-17-24-22)27-20-8-10-21(11-9-20)29-14-12-28(2)13-15-29/h4-11,16-17H,3,12-15H2,1-2H3,(H2,24,25,26,27). The number of nitrogens with zero attached hydrogens (tertiary/aromatic N) is 4. The van der Waals surface area contributed by atoms with Gasteiger partial charge in [-0.25, -0.2) is 9.97 Å². The van der Waals surface area contributed by atoms with Crippen molar-refractivity contribution in [3.63, 3.8) is 0 Å². The Balaban J connectivity index is 1.39. The number of rotatable bonds is 6. The number of aryl methyl sites for hydroxylation is 1. The van der Waals surface area contributed by atoms with Gasteiger partial charge in [0.25, 0.3) is 0 Å². The van der Waals surface area contributed by atoms with Gasteiger partial charge < -0.3 is 20.4 Å². The molecule has 1 saturated heterocycles. The Morgan fingerprint density at radius 3 is 1.90 bits per heavy atom. The molecule has 1 fully saturated rings. The fraction of sp³-hybridized carbons (Fsp3) is 0.304. The second-order valence-corrected chi connectivity index (χ2v) is 7.43. The minimum absolute atomic E-state index is 0.764. The first kappa shape index (κ1) is 19.2. The molecule has 2 heterocycles. The van der Waals surface area contributed by atoms with Gasteiger partial charge in [0, 0.05) is 49.3 Å². The van der Waals surface area contributed by atoms with Gasteiger partial charge in [0.05, 0.1) is 0 Å². The van der Waals surface area contributed by atoms with Crippen LogP contribution in [0.15, 0.2) is 60.9 Å². The number of anilines is 5. The maximum atomic E-state index is 4.35. The summed E-state index contributed by atoms with van der Waals surface area (Å²) >= 11 is 0. The van der Waals surface area contributed by atoms with Crippen molar-refractivity contribution in [3.8, 4) is 0 Å². The highest BCUT2D eigenvalue weighted by Gasteiger charge is 2.14. The van der Waals surface area contributed by atoms with Gasteiger partial charge in [0.2, 0.25) is 0 Å². The molecule has 29 heavy (non-hydrogen) atoms.